The maximum absolute atomic E-state index is 11.7. The van der Waals surface area contributed by atoms with Crippen LogP contribution < -0.4 is 0 Å². The lowest BCUT2D eigenvalue weighted by atomic mass is 10.1. The summed E-state index contributed by atoms with van der Waals surface area (Å²) in [4.78, 5) is 15.7. The maximum Gasteiger partial charge on any atom is 0.410 e. The van der Waals surface area contributed by atoms with Crippen LogP contribution in [0.15, 0.2) is 0 Å². The number of rotatable bonds is 2. The van der Waals surface area contributed by atoms with Gasteiger partial charge in [0, 0.05) is 26.2 Å². The molecule has 0 radical (unpaired) electrons. The predicted octanol–water partition coefficient (Wildman–Crippen LogP) is 1.41. The number of ether oxygens (including phenoxy) is 1. The van der Waals surface area contributed by atoms with Crippen molar-refractivity contribution in [2.45, 2.75) is 26.9 Å². The lowest BCUT2D eigenvalue weighted by molar-refractivity contribution is 0.0395. The summed E-state index contributed by atoms with van der Waals surface area (Å²) in [5, 5.41) is 0. The van der Waals surface area contributed by atoms with Crippen LogP contribution in [0.1, 0.15) is 20.8 Å². The summed E-state index contributed by atoms with van der Waals surface area (Å²) in [5.41, 5.74) is 0. The molecule has 0 saturated carbocycles. The van der Waals surface area contributed by atoms with Gasteiger partial charge in [0.25, 0.3) is 0 Å². The van der Waals surface area contributed by atoms with Crippen LogP contribution in [0.5, 0.6) is 0 Å². The summed E-state index contributed by atoms with van der Waals surface area (Å²) in [6, 6.07) is 0. The smallest absolute Gasteiger partial charge is 0.410 e. The molecule has 1 heterocycles. The SMILES string of the molecule is CC(C)C(C)OC(=O)N1CCN(C)CC1. The molecule has 4 heteroatoms. The minimum absolute atomic E-state index is 0.00263. The van der Waals surface area contributed by atoms with Gasteiger partial charge in [-0.1, -0.05) is 13.8 Å². The molecule has 1 aliphatic rings. The first-order valence-electron chi connectivity index (χ1n) is 5.65. The van der Waals surface area contributed by atoms with Crippen LogP contribution in [0.3, 0.4) is 0 Å². The highest BCUT2D eigenvalue weighted by Gasteiger charge is 2.22. The standard InChI is InChI=1S/C11H22N2O2/c1-9(2)10(3)15-11(14)13-7-5-12(4)6-8-13/h9-10H,5-8H2,1-4H3. The van der Waals surface area contributed by atoms with Gasteiger partial charge in [-0.25, -0.2) is 4.79 Å². The Balaban J connectivity index is 2.34. The van der Waals surface area contributed by atoms with E-state index in [-0.39, 0.29) is 12.2 Å². The number of amides is 1. The van der Waals surface area contributed by atoms with Gasteiger partial charge in [-0.05, 0) is 19.9 Å². The quantitative estimate of drug-likeness (QED) is 0.697. The third-order valence-electron chi connectivity index (χ3n) is 2.99. The fourth-order valence-electron chi connectivity index (χ4n) is 1.36. The Labute approximate surface area is 92.2 Å². The number of hydrogen-bond acceptors (Lipinski definition) is 3. The molecule has 0 N–H and O–H groups in total. The van der Waals surface area contributed by atoms with E-state index in [9.17, 15) is 4.79 Å². The highest BCUT2D eigenvalue weighted by Crippen LogP contribution is 2.09. The summed E-state index contributed by atoms with van der Waals surface area (Å²) in [6.45, 7) is 9.49. The Kier molecular flexibility index (Phi) is 4.39. The fraction of sp³-hybridized carbons (Fsp3) is 0.909. The summed E-state index contributed by atoms with van der Waals surface area (Å²) in [7, 11) is 2.07. The topological polar surface area (TPSA) is 32.8 Å². The van der Waals surface area contributed by atoms with Gasteiger partial charge in [-0.3, -0.25) is 0 Å². The van der Waals surface area contributed by atoms with E-state index in [1.54, 1.807) is 4.90 Å². The average Bonchev–Trinajstić information content (AvgIpc) is 2.18. The molecule has 1 rings (SSSR count). The van der Waals surface area contributed by atoms with Gasteiger partial charge in [-0.2, -0.15) is 0 Å². The monoisotopic (exact) mass is 214 g/mol. The molecule has 0 spiro atoms. The number of hydrogen-bond donors (Lipinski definition) is 0. The second kappa shape index (κ2) is 5.35. The second-order valence-electron chi connectivity index (χ2n) is 4.62. The van der Waals surface area contributed by atoms with Gasteiger partial charge in [0.05, 0.1) is 0 Å². The Bertz CT molecular complexity index is 211. The van der Waals surface area contributed by atoms with Gasteiger partial charge in [0.1, 0.15) is 6.10 Å². The molecule has 0 aliphatic carbocycles. The van der Waals surface area contributed by atoms with Gasteiger partial charge >= 0.3 is 6.09 Å². The highest BCUT2D eigenvalue weighted by molar-refractivity contribution is 5.67. The van der Waals surface area contributed by atoms with Crippen molar-refractivity contribution in [3.8, 4) is 0 Å². The third kappa shape index (κ3) is 3.70. The molecule has 1 aliphatic heterocycles. The lowest BCUT2D eigenvalue weighted by Crippen LogP contribution is -2.48. The Morgan fingerprint density at radius 2 is 1.67 bits per heavy atom. The molecule has 15 heavy (non-hydrogen) atoms. The van der Waals surface area contributed by atoms with Crippen molar-refractivity contribution in [1.82, 2.24) is 9.80 Å². The summed E-state index contributed by atoms with van der Waals surface area (Å²) >= 11 is 0. The van der Waals surface area contributed by atoms with Crippen LogP contribution in [-0.4, -0.2) is 55.2 Å². The molecule has 1 fully saturated rings. The van der Waals surface area contributed by atoms with Crippen molar-refractivity contribution in [2.24, 2.45) is 5.92 Å². The molecule has 0 bridgehead atoms. The Morgan fingerprint density at radius 3 is 2.13 bits per heavy atom. The molecule has 0 aromatic rings. The molecule has 1 saturated heterocycles. The Morgan fingerprint density at radius 1 is 1.13 bits per heavy atom. The molecule has 1 atom stereocenters. The number of carbonyl (C=O) groups is 1. The molecular weight excluding hydrogens is 192 g/mol. The van der Waals surface area contributed by atoms with Crippen LogP contribution in [0.25, 0.3) is 0 Å². The van der Waals surface area contributed by atoms with Crippen LogP contribution in [0.4, 0.5) is 4.79 Å². The maximum atomic E-state index is 11.7. The van der Waals surface area contributed by atoms with Crippen molar-refractivity contribution in [2.75, 3.05) is 33.2 Å². The lowest BCUT2D eigenvalue weighted by Gasteiger charge is -2.32. The van der Waals surface area contributed by atoms with Crippen molar-refractivity contribution in [3.63, 3.8) is 0 Å². The average molecular weight is 214 g/mol. The zero-order chi connectivity index (χ0) is 11.4. The zero-order valence-corrected chi connectivity index (χ0v) is 10.2. The van der Waals surface area contributed by atoms with E-state index in [1.807, 2.05) is 6.92 Å². The van der Waals surface area contributed by atoms with Gasteiger partial charge in [-0.15, -0.1) is 0 Å². The molecule has 0 aromatic carbocycles. The number of carbonyl (C=O) groups excluding carboxylic acids is 1. The number of likely N-dealkylation sites (N-methyl/N-ethyl adjacent to an activating group) is 1. The van der Waals surface area contributed by atoms with Gasteiger partial charge < -0.3 is 14.5 Å². The van der Waals surface area contributed by atoms with Crippen LogP contribution in [0.2, 0.25) is 0 Å². The summed E-state index contributed by atoms with van der Waals surface area (Å²) in [6.07, 6.45) is -0.165. The van der Waals surface area contributed by atoms with E-state index in [0.717, 1.165) is 26.2 Å². The first-order valence-corrected chi connectivity index (χ1v) is 5.65. The molecule has 0 aromatic heterocycles. The van der Waals surface area contributed by atoms with E-state index >= 15 is 0 Å². The molecule has 1 unspecified atom stereocenters. The van der Waals surface area contributed by atoms with Crippen LogP contribution >= 0.6 is 0 Å². The number of piperazine rings is 1. The van der Waals surface area contributed by atoms with E-state index in [1.165, 1.54) is 0 Å². The predicted molar refractivity (Wildman–Crippen MR) is 59.9 cm³/mol. The Hall–Kier alpha value is -0.770. The van der Waals surface area contributed by atoms with E-state index in [2.05, 4.69) is 25.8 Å². The number of nitrogens with zero attached hydrogens (tertiary/aromatic N) is 2. The van der Waals surface area contributed by atoms with E-state index in [0.29, 0.717) is 5.92 Å². The van der Waals surface area contributed by atoms with Crippen LogP contribution in [-0.2, 0) is 4.74 Å². The molecule has 1 amide bonds. The normalized spacial score (nSPS) is 20.5. The van der Waals surface area contributed by atoms with Crippen LogP contribution in [0, 0.1) is 5.92 Å². The molecule has 88 valence electrons. The highest BCUT2D eigenvalue weighted by atomic mass is 16.6. The largest absolute Gasteiger partial charge is 0.446 e. The molecular formula is C11H22N2O2. The van der Waals surface area contributed by atoms with Crippen molar-refractivity contribution in [3.05, 3.63) is 0 Å². The fourth-order valence-corrected chi connectivity index (χ4v) is 1.36. The minimum Gasteiger partial charge on any atom is -0.446 e. The first kappa shape index (κ1) is 12.3. The second-order valence-corrected chi connectivity index (χ2v) is 4.62. The minimum atomic E-state index is -0.163. The van der Waals surface area contributed by atoms with Crippen molar-refractivity contribution >= 4 is 6.09 Å². The summed E-state index contributed by atoms with van der Waals surface area (Å²) in [5.74, 6) is 0.376. The van der Waals surface area contributed by atoms with E-state index < -0.39 is 0 Å². The van der Waals surface area contributed by atoms with Gasteiger partial charge in [0.2, 0.25) is 0 Å². The van der Waals surface area contributed by atoms with Crippen molar-refractivity contribution < 1.29 is 9.53 Å². The van der Waals surface area contributed by atoms with Crippen molar-refractivity contribution in [1.29, 1.82) is 0 Å². The zero-order valence-electron chi connectivity index (χ0n) is 10.2. The first-order chi connectivity index (χ1) is 7.00. The van der Waals surface area contributed by atoms with E-state index in [4.69, 9.17) is 4.74 Å². The third-order valence-corrected chi connectivity index (χ3v) is 2.99. The van der Waals surface area contributed by atoms with Gasteiger partial charge in [0.15, 0.2) is 0 Å². The summed E-state index contributed by atoms with van der Waals surface area (Å²) < 4.78 is 5.35. The molecule has 4 nitrogen and oxygen atoms in total.